The van der Waals surface area contributed by atoms with Gasteiger partial charge in [-0.25, -0.2) is 0 Å². The maximum atomic E-state index is 5.20. The lowest BCUT2D eigenvalue weighted by Crippen LogP contribution is -1.50. The summed E-state index contributed by atoms with van der Waals surface area (Å²) in [6.45, 7) is 1.90. The van der Waals surface area contributed by atoms with Gasteiger partial charge < -0.3 is 0 Å². The second kappa shape index (κ2) is 7.89. The van der Waals surface area contributed by atoms with Gasteiger partial charge in [0.2, 0.25) is 0 Å². The molecule has 0 unspecified atom stereocenters. The van der Waals surface area contributed by atoms with Gasteiger partial charge in [0.25, 0.3) is 0 Å². The minimum atomic E-state index is 1.35. The van der Waals surface area contributed by atoms with Crippen molar-refractivity contribution in [2.24, 2.45) is 0 Å². The van der Waals surface area contributed by atoms with E-state index in [1.165, 1.54) is 11.6 Å². The lowest BCUT2D eigenvalue weighted by Gasteiger charge is -1.60. The summed E-state index contributed by atoms with van der Waals surface area (Å²) in [7, 11) is 0. The van der Waals surface area contributed by atoms with E-state index in [0.29, 0.717) is 0 Å². The first-order valence-electron chi connectivity index (χ1n) is 2.79. The molecular formula is C9H7Cl. The van der Waals surface area contributed by atoms with Gasteiger partial charge in [0.05, 0.1) is 0 Å². The molecule has 0 atom stereocenters. The van der Waals surface area contributed by atoms with Crippen LogP contribution in [0.15, 0.2) is 23.8 Å². The average molecular weight is 151 g/mol. The number of allylic oxidation sites excluding steroid dienone is 3. The minimum Gasteiger partial charge on any atom is -0.0923 e. The van der Waals surface area contributed by atoms with Crippen molar-refractivity contribution in [2.75, 3.05) is 0 Å². The number of hydrogen-bond donors (Lipinski definition) is 0. The zero-order valence-corrected chi connectivity index (χ0v) is 6.44. The fraction of sp³-hybridized carbons (Fsp3) is 0.111. The van der Waals surface area contributed by atoms with E-state index in [1.807, 2.05) is 13.0 Å². The van der Waals surface area contributed by atoms with Crippen LogP contribution in [-0.2, 0) is 0 Å². The van der Waals surface area contributed by atoms with Gasteiger partial charge in [-0.05, 0) is 24.8 Å². The van der Waals surface area contributed by atoms with E-state index in [-0.39, 0.29) is 0 Å². The molecule has 0 rings (SSSR count). The Balaban J connectivity index is 3.78. The minimum absolute atomic E-state index is 1.35. The van der Waals surface area contributed by atoms with Crippen LogP contribution in [-0.4, -0.2) is 0 Å². The Morgan fingerprint density at radius 3 is 2.20 bits per heavy atom. The quantitative estimate of drug-likeness (QED) is 0.465. The maximum absolute atomic E-state index is 5.20. The van der Waals surface area contributed by atoms with Crippen LogP contribution in [0.2, 0.25) is 0 Å². The summed E-state index contributed by atoms with van der Waals surface area (Å²) in [6.07, 6.45) is 5.12. The molecule has 10 heavy (non-hydrogen) atoms. The van der Waals surface area contributed by atoms with E-state index in [4.69, 9.17) is 11.6 Å². The molecule has 0 aliphatic rings. The topological polar surface area (TPSA) is 0 Å². The predicted octanol–water partition coefficient (Wildman–Crippen LogP) is 2.32. The van der Waals surface area contributed by atoms with Gasteiger partial charge in [-0.15, -0.1) is 0 Å². The van der Waals surface area contributed by atoms with Crippen molar-refractivity contribution >= 4 is 11.6 Å². The second-order valence-corrected chi connectivity index (χ2v) is 1.58. The molecule has 0 nitrogen and oxygen atoms in total. The molecule has 50 valence electrons. The maximum Gasteiger partial charge on any atom is 0.0126 e. The molecular weight excluding hydrogens is 144 g/mol. The molecule has 0 aliphatic heterocycles. The van der Waals surface area contributed by atoms with Gasteiger partial charge in [-0.2, -0.15) is 0 Å². The van der Waals surface area contributed by atoms with E-state index in [9.17, 15) is 0 Å². The van der Waals surface area contributed by atoms with Crippen LogP contribution in [0.4, 0.5) is 0 Å². The van der Waals surface area contributed by atoms with Crippen molar-refractivity contribution in [1.29, 1.82) is 0 Å². The Morgan fingerprint density at radius 1 is 1.10 bits per heavy atom. The van der Waals surface area contributed by atoms with Gasteiger partial charge >= 0.3 is 0 Å². The SMILES string of the molecule is C/C=C/C#CC#C/C=C/Cl. The third-order valence-corrected chi connectivity index (χ3v) is 0.729. The number of rotatable bonds is 0. The lowest BCUT2D eigenvalue weighted by molar-refractivity contribution is 1.76. The summed E-state index contributed by atoms with van der Waals surface area (Å²) >= 11 is 5.20. The third-order valence-electron chi connectivity index (χ3n) is 0.603. The van der Waals surface area contributed by atoms with Crippen molar-refractivity contribution in [3.05, 3.63) is 23.8 Å². The van der Waals surface area contributed by atoms with Crippen LogP contribution in [0.3, 0.4) is 0 Å². The Kier molecular flexibility index (Phi) is 7.01. The van der Waals surface area contributed by atoms with Crippen LogP contribution in [0, 0.1) is 23.7 Å². The first-order chi connectivity index (χ1) is 4.91. The molecule has 0 aromatic heterocycles. The molecule has 0 radical (unpaired) electrons. The van der Waals surface area contributed by atoms with Crippen LogP contribution < -0.4 is 0 Å². The smallest absolute Gasteiger partial charge is 0.0126 e. The Hall–Kier alpha value is -1.11. The number of halogens is 1. The number of hydrogen-bond acceptors (Lipinski definition) is 0. The van der Waals surface area contributed by atoms with Crippen molar-refractivity contribution < 1.29 is 0 Å². The highest BCUT2D eigenvalue weighted by Crippen LogP contribution is 1.73. The van der Waals surface area contributed by atoms with E-state index in [1.54, 1.807) is 6.08 Å². The summed E-state index contributed by atoms with van der Waals surface area (Å²) in [6, 6.07) is 0. The second-order valence-electron chi connectivity index (χ2n) is 1.33. The van der Waals surface area contributed by atoms with Crippen molar-refractivity contribution in [1.82, 2.24) is 0 Å². The zero-order valence-electron chi connectivity index (χ0n) is 5.69. The van der Waals surface area contributed by atoms with Crippen LogP contribution in [0.1, 0.15) is 6.92 Å². The standard InChI is InChI=1S/C9H7Cl/c1-2-3-4-5-6-7-8-9-10/h2-3,8-9H,1H3/b3-2+,9-8+. The lowest BCUT2D eigenvalue weighted by atomic mass is 10.5. The average Bonchev–Trinajstić information content (AvgIpc) is 1.97. The predicted molar refractivity (Wildman–Crippen MR) is 45.4 cm³/mol. The molecule has 0 aromatic carbocycles. The molecule has 0 bridgehead atoms. The first kappa shape index (κ1) is 8.89. The molecule has 0 aliphatic carbocycles. The molecule has 0 aromatic rings. The van der Waals surface area contributed by atoms with Crippen molar-refractivity contribution in [2.45, 2.75) is 6.92 Å². The van der Waals surface area contributed by atoms with E-state index >= 15 is 0 Å². The summed E-state index contributed by atoms with van der Waals surface area (Å²) in [5.74, 6) is 10.5. The summed E-state index contributed by atoms with van der Waals surface area (Å²) < 4.78 is 0. The normalized spacial score (nSPS) is 8.60. The Bertz CT molecular complexity index is 209. The Labute approximate surface area is 66.6 Å². The summed E-state index contributed by atoms with van der Waals surface area (Å²) in [5.41, 5.74) is 1.35. The van der Waals surface area contributed by atoms with Crippen LogP contribution >= 0.6 is 11.6 Å². The monoisotopic (exact) mass is 150 g/mol. The summed E-state index contributed by atoms with van der Waals surface area (Å²) in [5, 5.41) is 0. The largest absolute Gasteiger partial charge is 0.0923 e. The highest BCUT2D eigenvalue weighted by molar-refractivity contribution is 6.25. The fourth-order valence-electron chi connectivity index (χ4n) is 0.270. The van der Waals surface area contributed by atoms with Crippen LogP contribution in [0.25, 0.3) is 0 Å². The van der Waals surface area contributed by atoms with Crippen molar-refractivity contribution in [3.8, 4) is 23.7 Å². The highest BCUT2D eigenvalue weighted by Gasteiger charge is 1.54. The van der Waals surface area contributed by atoms with E-state index in [0.717, 1.165) is 0 Å². The molecule has 0 fully saturated rings. The van der Waals surface area contributed by atoms with Gasteiger partial charge in [0.1, 0.15) is 0 Å². The van der Waals surface area contributed by atoms with Crippen LogP contribution in [0.5, 0.6) is 0 Å². The van der Waals surface area contributed by atoms with Gasteiger partial charge in [-0.3, -0.25) is 0 Å². The van der Waals surface area contributed by atoms with Gasteiger partial charge in [-0.1, -0.05) is 29.5 Å². The fourth-order valence-corrected chi connectivity index (χ4v) is 0.333. The van der Waals surface area contributed by atoms with E-state index < -0.39 is 0 Å². The molecule has 0 N–H and O–H groups in total. The first-order valence-corrected chi connectivity index (χ1v) is 3.23. The highest BCUT2D eigenvalue weighted by atomic mass is 35.5. The molecule has 0 heterocycles. The summed E-state index contributed by atoms with van der Waals surface area (Å²) in [4.78, 5) is 0. The van der Waals surface area contributed by atoms with Gasteiger partial charge in [0, 0.05) is 11.6 Å². The Morgan fingerprint density at radius 2 is 1.70 bits per heavy atom. The third kappa shape index (κ3) is 6.89. The molecule has 0 saturated heterocycles. The van der Waals surface area contributed by atoms with Crippen molar-refractivity contribution in [3.63, 3.8) is 0 Å². The molecule has 1 heteroatoms. The van der Waals surface area contributed by atoms with Gasteiger partial charge in [0.15, 0.2) is 0 Å². The molecule has 0 saturated carbocycles. The molecule has 0 amide bonds. The molecule has 0 spiro atoms. The zero-order chi connectivity index (χ0) is 7.66. The van der Waals surface area contributed by atoms with E-state index in [2.05, 4.69) is 23.7 Å².